The van der Waals surface area contributed by atoms with E-state index in [0.717, 1.165) is 64.0 Å². The average Bonchev–Trinajstić information content (AvgIpc) is 3.52. The third-order valence-electron chi connectivity index (χ3n) is 12.0. The van der Waals surface area contributed by atoms with Gasteiger partial charge < -0.3 is 25.0 Å². The third-order valence-corrected chi connectivity index (χ3v) is 12.0. The molecule has 6 aliphatic rings. The number of hydrogen-bond donors (Lipinski definition) is 3. The van der Waals surface area contributed by atoms with E-state index in [4.69, 9.17) is 4.74 Å². The number of benzene rings is 1. The van der Waals surface area contributed by atoms with Gasteiger partial charge in [0.15, 0.2) is 0 Å². The van der Waals surface area contributed by atoms with Crippen molar-refractivity contribution in [2.24, 2.45) is 11.3 Å². The average molecular weight is 583 g/mol. The number of aromatic amines is 1. The standard InChI is InChI=1S/C37H50N4O2/c1-43-27-13-14-32-29(22-27)28-15-18-38-33(34(28)39-32)30-24-37(42)17-9-5-2-3-6-10-19-40-21-16-31(30)36(25-40)23-26-12-8-4-7-11-20-41(26)35(36)37/h2,5,8,12-14,22,24,26,31,33,35,38-39,42H,3-4,6-7,9-11,15-21,23,25H2,1H3/b5-2-,12-8-/t26-,31-,33+,35+,36-,37-/m0/s1. The van der Waals surface area contributed by atoms with Crippen LogP contribution in [0.4, 0.5) is 0 Å². The molecule has 1 aromatic heterocycles. The number of methoxy groups -OCH3 is 1. The summed E-state index contributed by atoms with van der Waals surface area (Å²) in [6.45, 7) is 5.51. The largest absolute Gasteiger partial charge is 0.497 e. The summed E-state index contributed by atoms with van der Waals surface area (Å²) in [6, 6.07) is 7.13. The second-order valence-corrected chi connectivity index (χ2v) is 14.4. The highest BCUT2D eigenvalue weighted by Crippen LogP contribution is 2.61. The second-order valence-electron chi connectivity index (χ2n) is 14.4. The number of aromatic nitrogens is 1. The van der Waals surface area contributed by atoms with Crippen molar-refractivity contribution in [3.8, 4) is 5.75 Å². The quantitative estimate of drug-likeness (QED) is 0.377. The number of rotatable bonds is 2. The number of ether oxygens (including phenoxy) is 1. The minimum atomic E-state index is -0.858. The molecule has 1 spiro atoms. The van der Waals surface area contributed by atoms with Gasteiger partial charge in [-0.25, -0.2) is 0 Å². The predicted octanol–water partition coefficient (Wildman–Crippen LogP) is 6.05. The summed E-state index contributed by atoms with van der Waals surface area (Å²) in [7, 11) is 1.76. The van der Waals surface area contributed by atoms with Crippen molar-refractivity contribution in [1.29, 1.82) is 0 Å². The van der Waals surface area contributed by atoms with Gasteiger partial charge in [0.1, 0.15) is 5.75 Å². The first-order valence-corrected chi connectivity index (χ1v) is 17.3. The Balaban J connectivity index is 1.29. The molecule has 6 heteroatoms. The summed E-state index contributed by atoms with van der Waals surface area (Å²) in [5.74, 6) is 1.37. The van der Waals surface area contributed by atoms with Gasteiger partial charge in [-0.1, -0.05) is 30.4 Å². The number of hydrogen-bond acceptors (Lipinski definition) is 5. The Bertz CT molecular complexity index is 1440. The van der Waals surface area contributed by atoms with Gasteiger partial charge in [0, 0.05) is 41.1 Å². The van der Waals surface area contributed by atoms with Gasteiger partial charge in [0.2, 0.25) is 0 Å². The van der Waals surface area contributed by atoms with Gasteiger partial charge in [-0.05, 0) is 126 Å². The molecule has 1 unspecified atom stereocenters. The Kier molecular flexibility index (Phi) is 7.33. The maximum Gasteiger partial charge on any atom is 0.119 e. The first-order chi connectivity index (χ1) is 21.1. The fourth-order valence-electron chi connectivity index (χ4n) is 10.3. The highest BCUT2D eigenvalue weighted by molar-refractivity contribution is 5.86. The highest BCUT2D eigenvalue weighted by Gasteiger charge is 2.66. The number of H-pyrrole nitrogens is 1. The number of allylic oxidation sites excluding steroid dienone is 3. The molecule has 7 atom stereocenters. The molecule has 3 N–H and O–H groups in total. The van der Waals surface area contributed by atoms with Gasteiger partial charge in [-0.15, -0.1) is 0 Å². The van der Waals surface area contributed by atoms with Gasteiger partial charge in [-0.3, -0.25) is 4.90 Å². The van der Waals surface area contributed by atoms with E-state index in [0.29, 0.717) is 12.0 Å². The molecule has 6 nitrogen and oxygen atoms in total. The van der Waals surface area contributed by atoms with E-state index in [-0.39, 0.29) is 17.5 Å². The van der Waals surface area contributed by atoms with Crippen LogP contribution in [-0.4, -0.2) is 77.4 Å². The van der Waals surface area contributed by atoms with Crippen LogP contribution in [0, 0.1) is 11.3 Å². The Morgan fingerprint density at radius 2 is 1.86 bits per heavy atom. The molecule has 43 heavy (non-hydrogen) atoms. The van der Waals surface area contributed by atoms with Crippen LogP contribution in [0.25, 0.3) is 10.9 Å². The molecule has 230 valence electrons. The minimum absolute atomic E-state index is 0.0444. The van der Waals surface area contributed by atoms with E-state index >= 15 is 0 Å². The van der Waals surface area contributed by atoms with Crippen LogP contribution in [-0.2, 0) is 6.42 Å². The summed E-state index contributed by atoms with van der Waals surface area (Å²) < 4.78 is 5.62. The molecular weight excluding hydrogens is 532 g/mol. The van der Waals surface area contributed by atoms with Crippen molar-refractivity contribution in [2.45, 2.75) is 94.4 Å². The normalized spacial score (nSPS) is 39.6. The zero-order valence-corrected chi connectivity index (χ0v) is 26.0. The van der Waals surface area contributed by atoms with Crippen molar-refractivity contribution >= 4 is 10.9 Å². The van der Waals surface area contributed by atoms with Crippen LogP contribution >= 0.6 is 0 Å². The maximum atomic E-state index is 13.2. The molecule has 5 aliphatic heterocycles. The molecule has 8 rings (SSSR count). The van der Waals surface area contributed by atoms with E-state index < -0.39 is 5.60 Å². The number of aliphatic hydroxyl groups is 1. The van der Waals surface area contributed by atoms with E-state index in [1.165, 1.54) is 72.8 Å². The number of nitrogens with zero attached hydrogens (tertiary/aromatic N) is 2. The van der Waals surface area contributed by atoms with Crippen molar-refractivity contribution in [1.82, 2.24) is 20.1 Å². The van der Waals surface area contributed by atoms with Crippen LogP contribution in [0.5, 0.6) is 5.75 Å². The van der Waals surface area contributed by atoms with E-state index in [9.17, 15) is 5.11 Å². The number of fused-ring (bicyclic) bond motifs is 5. The van der Waals surface area contributed by atoms with Crippen molar-refractivity contribution < 1.29 is 9.84 Å². The summed E-state index contributed by atoms with van der Waals surface area (Å²) in [5.41, 5.74) is 4.56. The summed E-state index contributed by atoms with van der Waals surface area (Å²) >= 11 is 0. The molecule has 2 fully saturated rings. The van der Waals surface area contributed by atoms with Gasteiger partial charge in [0.25, 0.3) is 0 Å². The molecule has 1 aliphatic carbocycles. The van der Waals surface area contributed by atoms with E-state index in [1.54, 1.807) is 7.11 Å². The molecule has 6 heterocycles. The molecular formula is C37H50N4O2. The van der Waals surface area contributed by atoms with Crippen molar-refractivity contribution in [3.63, 3.8) is 0 Å². The summed E-state index contributed by atoms with van der Waals surface area (Å²) in [5, 5.41) is 18.4. The maximum absolute atomic E-state index is 13.2. The van der Waals surface area contributed by atoms with E-state index in [1.807, 2.05) is 0 Å². The monoisotopic (exact) mass is 582 g/mol. The Hall–Kier alpha value is -2.38. The first-order valence-electron chi connectivity index (χ1n) is 17.3. The van der Waals surface area contributed by atoms with Crippen LogP contribution in [0.1, 0.15) is 81.5 Å². The summed E-state index contributed by atoms with van der Waals surface area (Å²) in [4.78, 5) is 9.43. The fourth-order valence-corrected chi connectivity index (χ4v) is 10.3. The lowest BCUT2D eigenvalue weighted by Crippen LogP contribution is -2.66. The molecule has 3 bridgehead atoms. The molecule has 2 aromatic rings. The molecule has 2 saturated heterocycles. The molecule has 0 radical (unpaired) electrons. The predicted molar refractivity (Wildman–Crippen MR) is 173 cm³/mol. The first kappa shape index (κ1) is 28.1. The third kappa shape index (κ3) is 4.67. The van der Waals surface area contributed by atoms with Crippen molar-refractivity contribution in [3.05, 3.63) is 65.4 Å². The van der Waals surface area contributed by atoms with Crippen LogP contribution in [0.15, 0.2) is 54.2 Å². The zero-order chi connectivity index (χ0) is 29.0. The number of nitrogens with one attached hydrogen (secondary N) is 2. The molecule has 0 amide bonds. The van der Waals surface area contributed by atoms with Gasteiger partial charge >= 0.3 is 0 Å². The second kappa shape index (κ2) is 11.2. The van der Waals surface area contributed by atoms with Crippen molar-refractivity contribution in [2.75, 3.05) is 39.8 Å². The Morgan fingerprint density at radius 3 is 2.77 bits per heavy atom. The SMILES string of the molecule is COc1ccc2[nH]c3c(c2c1)CCN[C@@H]3C1=C[C@@]2(O)CC/C=C\CCCCN3CC[C@@H]1[C@]1(C[C@@H]4/C=C\CCCCN4[C@H]12)C3. The van der Waals surface area contributed by atoms with Gasteiger partial charge in [0.05, 0.1) is 24.8 Å². The fraction of sp³-hybridized carbons (Fsp3) is 0.622. The topological polar surface area (TPSA) is 63.8 Å². The van der Waals surface area contributed by atoms with Crippen LogP contribution < -0.4 is 10.1 Å². The van der Waals surface area contributed by atoms with E-state index in [2.05, 4.69) is 68.7 Å². The lowest BCUT2D eigenvalue weighted by atomic mass is 9.54. The zero-order valence-electron chi connectivity index (χ0n) is 26.0. The Morgan fingerprint density at radius 1 is 1.00 bits per heavy atom. The lowest BCUT2D eigenvalue weighted by Gasteiger charge is -2.59. The van der Waals surface area contributed by atoms with Crippen LogP contribution in [0.3, 0.4) is 0 Å². The molecule has 1 aromatic carbocycles. The smallest absolute Gasteiger partial charge is 0.119 e. The number of piperidine rings is 1. The summed E-state index contributed by atoms with van der Waals surface area (Å²) in [6.07, 6.45) is 24.5. The lowest BCUT2D eigenvalue weighted by molar-refractivity contribution is -0.0984. The van der Waals surface area contributed by atoms with Crippen LogP contribution in [0.2, 0.25) is 0 Å². The highest BCUT2D eigenvalue weighted by atomic mass is 16.5. The Labute approximate surface area is 257 Å². The molecule has 0 saturated carbocycles. The van der Waals surface area contributed by atoms with Gasteiger partial charge in [-0.2, -0.15) is 0 Å². The minimum Gasteiger partial charge on any atom is -0.497 e.